The van der Waals surface area contributed by atoms with Crippen LogP contribution in [-0.4, -0.2) is 67.1 Å². The van der Waals surface area contributed by atoms with Crippen LogP contribution in [0.4, 0.5) is 0 Å². The molecule has 7 heteroatoms. The van der Waals surface area contributed by atoms with E-state index < -0.39 is 10.0 Å². The number of fused-ring (bicyclic) bond motifs is 1. The fourth-order valence-electron chi connectivity index (χ4n) is 3.47. The van der Waals surface area contributed by atoms with Gasteiger partial charge in [-0.05, 0) is 57.0 Å². The number of aryl methyl sites for hydroxylation is 1. The zero-order valence-electron chi connectivity index (χ0n) is 15.3. The zero-order chi connectivity index (χ0) is 18.0. The van der Waals surface area contributed by atoms with Crippen molar-refractivity contribution in [3.05, 3.63) is 29.6 Å². The fraction of sp³-hybridized carbons (Fsp3) is 0.611. The van der Waals surface area contributed by atoms with Crippen molar-refractivity contribution in [2.45, 2.75) is 32.1 Å². The summed E-state index contributed by atoms with van der Waals surface area (Å²) in [5, 5.41) is 0. The Morgan fingerprint density at radius 3 is 2.92 bits per heavy atom. The number of H-pyrrole nitrogens is 1. The van der Waals surface area contributed by atoms with E-state index in [2.05, 4.69) is 35.0 Å². The van der Waals surface area contributed by atoms with Crippen molar-refractivity contribution in [3.8, 4) is 0 Å². The second-order valence-electron chi connectivity index (χ2n) is 7.23. The van der Waals surface area contributed by atoms with E-state index in [1.807, 2.05) is 0 Å². The maximum atomic E-state index is 11.9. The molecule has 25 heavy (non-hydrogen) atoms. The Morgan fingerprint density at radius 2 is 2.16 bits per heavy atom. The van der Waals surface area contributed by atoms with Crippen molar-refractivity contribution in [2.75, 3.05) is 39.5 Å². The molecule has 0 amide bonds. The van der Waals surface area contributed by atoms with Gasteiger partial charge in [0.25, 0.3) is 0 Å². The number of aromatic amines is 1. The van der Waals surface area contributed by atoms with E-state index in [9.17, 15) is 8.42 Å². The number of imidazole rings is 1. The number of hydrogen-bond donors (Lipinski definition) is 1. The van der Waals surface area contributed by atoms with Gasteiger partial charge in [0.05, 0.1) is 16.8 Å². The minimum Gasteiger partial charge on any atom is -0.342 e. The molecule has 1 aromatic carbocycles. The lowest BCUT2D eigenvalue weighted by atomic mass is 9.97. The van der Waals surface area contributed by atoms with E-state index in [0.29, 0.717) is 12.3 Å². The van der Waals surface area contributed by atoms with Crippen LogP contribution in [0.3, 0.4) is 0 Å². The quantitative estimate of drug-likeness (QED) is 0.854. The van der Waals surface area contributed by atoms with Gasteiger partial charge in [-0.15, -0.1) is 0 Å². The number of likely N-dealkylation sites (tertiary alicyclic amines) is 1. The van der Waals surface area contributed by atoms with Crippen molar-refractivity contribution in [3.63, 3.8) is 0 Å². The lowest BCUT2D eigenvalue weighted by Gasteiger charge is -2.31. The Morgan fingerprint density at radius 1 is 1.36 bits per heavy atom. The number of aromatic nitrogens is 2. The highest BCUT2D eigenvalue weighted by Gasteiger charge is 2.24. The van der Waals surface area contributed by atoms with Gasteiger partial charge in [0, 0.05) is 26.6 Å². The summed E-state index contributed by atoms with van der Waals surface area (Å²) in [7, 11) is 0.0876. The molecule has 2 aromatic rings. The Hall–Kier alpha value is -1.44. The highest BCUT2D eigenvalue weighted by molar-refractivity contribution is 7.89. The van der Waals surface area contributed by atoms with Gasteiger partial charge in [0.15, 0.2) is 0 Å². The van der Waals surface area contributed by atoms with Crippen LogP contribution in [0.5, 0.6) is 0 Å². The number of hydrogen-bond acceptors (Lipinski definition) is 4. The Labute approximate surface area is 150 Å². The lowest BCUT2D eigenvalue weighted by Crippen LogP contribution is -2.36. The van der Waals surface area contributed by atoms with Crippen molar-refractivity contribution >= 4 is 21.1 Å². The van der Waals surface area contributed by atoms with Gasteiger partial charge in [-0.2, -0.15) is 0 Å². The zero-order valence-corrected chi connectivity index (χ0v) is 16.1. The van der Waals surface area contributed by atoms with Gasteiger partial charge in [0.2, 0.25) is 10.0 Å². The maximum absolute atomic E-state index is 11.9. The van der Waals surface area contributed by atoms with Crippen molar-refractivity contribution in [2.24, 2.45) is 0 Å². The minimum atomic E-state index is -3.10. The SMILES string of the molecule is Cc1ccc2nc([C@H]3CCCN(CCCS(=O)(=O)N(C)C)C3)[nH]c2c1. The van der Waals surface area contributed by atoms with Crippen molar-refractivity contribution in [1.29, 1.82) is 0 Å². The first-order valence-electron chi connectivity index (χ1n) is 8.94. The third-order valence-corrected chi connectivity index (χ3v) is 6.90. The van der Waals surface area contributed by atoms with Crippen LogP contribution in [0, 0.1) is 6.92 Å². The van der Waals surface area contributed by atoms with Crippen LogP contribution in [0.2, 0.25) is 0 Å². The molecular formula is C18H28N4O2S. The third-order valence-electron chi connectivity index (χ3n) is 4.98. The standard InChI is InChI=1S/C18H28N4O2S/c1-14-7-8-16-17(12-14)20-18(19-16)15-6-4-9-22(13-15)10-5-11-25(23,24)21(2)3/h7-8,12,15H,4-6,9-11,13H2,1-3H3,(H,19,20)/t15-/m0/s1. The van der Waals surface area contributed by atoms with Crippen LogP contribution < -0.4 is 0 Å². The molecule has 1 saturated heterocycles. The van der Waals surface area contributed by atoms with E-state index in [1.165, 1.54) is 9.87 Å². The molecule has 1 N–H and O–H groups in total. The highest BCUT2D eigenvalue weighted by Crippen LogP contribution is 2.27. The molecule has 1 fully saturated rings. The topological polar surface area (TPSA) is 69.3 Å². The van der Waals surface area contributed by atoms with Crippen LogP contribution in [-0.2, 0) is 10.0 Å². The summed E-state index contributed by atoms with van der Waals surface area (Å²) in [6.07, 6.45) is 2.93. The van der Waals surface area contributed by atoms with Crippen LogP contribution in [0.1, 0.15) is 36.6 Å². The minimum absolute atomic E-state index is 0.213. The first-order chi connectivity index (χ1) is 11.8. The van der Waals surface area contributed by atoms with Gasteiger partial charge < -0.3 is 9.88 Å². The molecule has 2 heterocycles. The van der Waals surface area contributed by atoms with Gasteiger partial charge in [-0.1, -0.05) is 6.07 Å². The second kappa shape index (κ2) is 7.43. The number of piperidine rings is 1. The highest BCUT2D eigenvalue weighted by atomic mass is 32.2. The van der Waals surface area contributed by atoms with Gasteiger partial charge in [-0.25, -0.2) is 17.7 Å². The fourth-order valence-corrected chi connectivity index (χ4v) is 4.33. The first-order valence-corrected chi connectivity index (χ1v) is 10.5. The molecule has 1 aromatic heterocycles. The summed E-state index contributed by atoms with van der Waals surface area (Å²) in [5.74, 6) is 1.67. The number of nitrogens with zero attached hydrogens (tertiary/aromatic N) is 3. The Balaban J connectivity index is 1.60. The molecule has 1 aliphatic rings. The molecule has 1 atom stereocenters. The lowest BCUT2D eigenvalue weighted by molar-refractivity contribution is 0.205. The molecule has 1 aliphatic heterocycles. The van der Waals surface area contributed by atoms with Crippen molar-refractivity contribution < 1.29 is 8.42 Å². The molecule has 0 bridgehead atoms. The smallest absolute Gasteiger partial charge is 0.213 e. The summed E-state index contributed by atoms with van der Waals surface area (Å²) in [5.41, 5.74) is 3.36. The molecule has 0 spiro atoms. The van der Waals surface area contributed by atoms with E-state index in [1.54, 1.807) is 14.1 Å². The summed E-state index contributed by atoms with van der Waals surface area (Å²) >= 11 is 0. The van der Waals surface area contributed by atoms with Crippen LogP contribution in [0.15, 0.2) is 18.2 Å². The van der Waals surface area contributed by atoms with E-state index in [-0.39, 0.29) is 5.75 Å². The molecule has 0 saturated carbocycles. The summed E-state index contributed by atoms with van der Waals surface area (Å²) in [4.78, 5) is 10.6. The van der Waals surface area contributed by atoms with Gasteiger partial charge in [-0.3, -0.25) is 0 Å². The van der Waals surface area contributed by atoms with E-state index in [4.69, 9.17) is 4.98 Å². The predicted molar refractivity (Wildman–Crippen MR) is 101 cm³/mol. The predicted octanol–water partition coefficient (Wildman–Crippen LogP) is 2.33. The summed E-state index contributed by atoms with van der Waals surface area (Å²) < 4.78 is 25.1. The number of sulfonamides is 1. The maximum Gasteiger partial charge on any atom is 0.213 e. The molecule has 0 unspecified atom stereocenters. The number of benzene rings is 1. The Bertz CT molecular complexity index is 829. The third kappa shape index (κ3) is 4.40. The van der Waals surface area contributed by atoms with Crippen LogP contribution >= 0.6 is 0 Å². The summed E-state index contributed by atoms with van der Waals surface area (Å²) in [6.45, 7) is 4.89. The monoisotopic (exact) mass is 364 g/mol. The van der Waals surface area contributed by atoms with Gasteiger partial charge in [0.1, 0.15) is 5.82 Å². The molecule has 0 radical (unpaired) electrons. The Kier molecular flexibility index (Phi) is 5.46. The number of nitrogens with one attached hydrogen (secondary N) is 1. The number of rotatable bonds is 6. The molecule has 6 nitrogen and oxygen atoms in total. The molecular weight excluding hydrogens is 336 g/mol. The largest absolute Gasteiger partial charge is 0.342 e. The van der Waals surface area contributed by atoms with E-state index >= 15 is 0 Å². The molecule has 3 rings (SSSR count). The second-order valence-corrected chi connectivity index (χ2v) is 9.54. The average Bonchev–Trinajstić information content (AvgIpc) is 2.98. The van der Waals surface area contributed by atoms with E-state index in [0.717, 1.165) is 49.3 Å². The van der Waals surface area contributed by atoms with Gasteiger partial charge >= 0.3 is 0 Å². The molecule has 138 valence electrons. The first kappa shape index (κ1) is 18.4. The van der Waals surface area contributed by atoms with Crippen LogP contribution in [0.25, 0.3) is 11.0 Å². The average molecular weight is 365 g/mol. The summed E-state index contributed by atoms with van der Waals surface area (Å²) in [6, 6.07) is 6.29. The normalized spacial score (nSPS) is 19.8. The van der Waals surface area contributed by atoms with Crippen molar-refractivity contribution in [1.82, 2.24) is 19.2 Å². The molecule has 0 aliphatic carbocycles.